The first-order valence-corrected chi connectivity index (χ1v) is 7.58. The fraction of sp³-hybridized carbons (Fsp3) is 0.286. The average molecular weight is 391 g/mol. The number of rotatable bonds is 2. The Hall–Kier alpha value is -1.90. The van der Waals surface area contributed by atoms with Crippen molar-refractivity contribution in [2.75, 3.05) is 36.0 Å². The van der Waals surface area contributed by atoms with Gasteiger partial charge < -0.3 is 9.80 Å². The number of nitrogens with zero attached hydrogens (tertiary/aromatic N) is 4. The molecule has 0 N–H and O–H groups in total. The first-order valence-electron chi connectivity index (χ1n) is 6.79. The molecular weight excluding hydrogens is 380 g/mol. The van der Waals surface area contributed by atoms with Crippen LogP contribution in [0.1, 0.15) is 0 Å². The van der Waals surface area contributed by atoms with Gasteiger partial charge in [0.25, 0.3) is 11.9 Å². The third-order valence-electron chi connectivity index (χ3n) is 3.61. The number of aromatic nitrogens is 2. The molecule has 3 heterocycles. The van der Waals surface area contributed by atoms with E-state index in [0.717, 1.165) is 10.3 Å². The first-order chi connectivity index (χ1) is 11.0. The minimum absolute atomic E-state index is 0.203. The maximum absolute atomic E-state index is 13.8. The van der Waals surface area contributed by atoms with E-state index in [9.17, 15) is 17.6 Å². The molecule has 2 aromatic heterocycles. The molecule has 122 valence electrons. The molecule has 1 fully saturated rings. The van der Waals surface area contributed by atoms with Crippen molar-refractivity contribution in [3.8, 4) is 0 Å². The van der Waals surface area contributed by atoms with Crippen molar-refractivity contribution >= 4 is 27.4 Å². The Morgan fingerprint density at radius 2 is 1.43 bits per heavy atom. The number of hydrogen-bond donors (Lipinski definition) is 0. The van der Waals surface area contributed by atoms with Crippen molar-refractivity contribution < 1.29 is 17.6 Å². The minimum atomic E-state index is -1.64. The van der Waals surface area contributed by atoms with Gasteiger partial charge in [-0.25, -0.2) is 4.98 Å². The van der Waals surface area contributed by atoms with Crippen molar-refractivity contribution in [1.29, 1.82) is 0 Å². The van der Waals surface area contributed by atoms with Crippen LogP contribution in [0.15, 0.2) is 22.8 Å². The molecule has 0 unspecified atom stereocenters. The first kappa shape index (κ1) is 16.0. The summed E-state index contributed by atoms with van der Waals surface area (Å²) in [5, 5.41) is 0. The molecule has 0 amide bonds. The molecule has 0 aromatic carbocycles. The summed E-state index contributed by atoms with van der Waals surface area (Å²) in [7, 11) is 0. The van der Waals surface area contributed by atoms with E-state index in [0.29, 0.717) is 13.1 Å². The number of hydrogen-bond acceptors (Lipinski definition) is 4. The summed E-state index contributed by atoms with van der Waals surface area (Å²) >= 11 is 3.29. The van der Waals surface area contributed by atoms with Crippen LogP contribution >= 0.6 is 15.9 Å². The molecule has 0 radical (unpaired) electrons. The van der Waals surface area contributed by atoms with Crippen molar-refractivity contribution in [2.24, 2.45) is 0 Å². The number of halogens is 5. The molecule has 23 heavy (non-hydrogen) atoms. The van der Waals surface area contributed by atoms with Gasteiger partial charge in [-0.15, -0.1) is 0 Å². The molecule has 0 saturated carbocycles. The van der Waals surface area contributed by atoms with Crippen LogP contribution in [0.25, 0.3) is 0 Å². The molecule has 3 rings (SSSR count). The van der Waals surface area contributed by atoms with Gasteiger partial charge in [0.15, 0.2) is 0 Å². The van der Waals surface area contributed by atoms with Gasteiger partial charge >= 0.3 is 0 Å². The highest BCUT2D eigenvalue weighted by Crippen LogP contribution is 2.28. The predicted molar refractivity (Wildman–Crippen MR) is 80.4 cm³/mol. The fourth-order valence-corrected chi connectivity index (χ4v) is 2.70. The van der Waals surface area contributed by atoms with Crippen molar-refractivity contribution in [1.82, 2.24) is 9.97 Å². The third kappa shape index (κ3) is 3.10. The maximum Gasteiger partial charge on any atom is 0.253 e. The van der Waals surface area contributed by atoms with E-state index in [4.69, 9.17) is 0 Å². The normalized spacial score (nSPS) is 15.2. The summed E-state index contributed by atoms with van der Waals surface area (Å²) in [5.41, 5.74) is -0.710. The van der Waals surface area contributed by atoms with E-state index in [1.54, 1.807) is 6.20 Å². The monoisotopic (exact) mass is 390 g/mol. The Bertz CT molecular complexity index is 691. The second-order valence-corrected chi connectivity index (χ2v) is 5.89. The standard InChI is InChI=1S/C14H11BrF4N4/c15-8-1-2-9(20-7-8)22-3-5-23(6-4-22)12-10(16)13(18)21-14(19)11(12)17/h1-2,7H,3-6H2. The van der Waals surface area contributed by atoms with E-state index in [1.165, 1.54) is 4.90 Å². The average Bonchev–Trinajstić information content (AvgIpc) is 2.55. The van der Waals surface area contributed by atoms with Crippen molar-refractivity contribution in [2.45, 2.75) is 0 Å². The quantitative estimate of drug-likeness (QED) is 0.582. The Morgan fingerprint density at radius 1 is 0.870 bits per heavy atom. The number of anilines is 2. The summed E-state index contributed by atoms with van der Waals surface area (Å²) in [5.74, 6) is -5.51. The van der Waals surface area contributed by atoms with Crippen LogP contribution in [0.2, 0.25) is 0 Å². The summed E-state index contributed by atoms with van der Waals surface area (Å²) < 4.78 is 54.8. The number of pyridine rings is 2. The molecule has 1 aliphatic rings. The lowest BCUT2D eigenvalue weighted by molar-refractivity contribution is 0.404. The molecule has 0 aliphatic carbocycles. The smallest absolute Gasteiger partial charge is 0.253 e. The Morgan fingerprint density at radius 3 is 1.96 bits per heavy atom. The van der Waals surface area contributed by atoms with Gasteiger partial charge in [0.2, 0.25) is 11.6 Å². The molecule has 1 saturated heterocycles. The highest BCUT2D eigenvalue weighted by Gasteiger charge is 2.28. The van der Waals surface area contributed by atoms with Gasteiger partial charge in [0.1, 0.15) is 11.5 Å². The van der Waals surface area contributed by atoms with Crippen LogP contribution in [0.5, 0.6) is 0 Å². The van der Waals surface area contributed by atoms with E-state index < -0.39 is 29.2 Å². The highest BCUT2D eigenvalue weighted by molar-refractivity contribution is 9.10. The van der Waals surface area contributed by atoms with E-state index in [-0.39, 0.29) is 13.1 Å². The number of piperazine rings is 1. The van der Waals surface area contributed by atoms with Gasteiger partial charge in [-0.2, -0.15) is 22.5 Å². The molecule has 4 nitrogen and oxygen atoms in total. The van der Waals surface area contributed by atoms with Crippen LogP contribution < -0.4 is 9.80 Å². The van der Waals surface area contributed by atoms with Crippen LogP contribution in [0, 0.1) is 23.5 Å². The largest absolute Gasteiger partial charge is 0.363 e. The van der Waals surface area contributed by atoms with Crippen LogP contribution in [0.3, 0.4) is 0 Å². The molecule has 2 aromatic rings. The zero-order valence-corrected chi connectivity index (χ0v) is 13.3. The Kier molecular flexibility index (Phi) is 4.38. The maximum atomic E-state index is 13.8. The van der Waals surface area contributed by atoms with Gasteiger partial charge in [-0.3, -0.25) is 0 Å². The summed E-state index contributed by atoms with van der Waals surface area (Å²) in [4.78, 5) is 10.0. The van der Waals surface area contributed by atoms with Crippen molar-refractivity contribution in [3.05, 3.63) is 46.3 Å². The molecular formula is C14H11BrF4N4. The minimum Gasteiger partial charge on any atom is -0.363 e. The zero-order valence-electron chi connectivity index (χ0n) is 11.7. The zero-order chi connectivity index (χ0) is 16.6. The predicted octanol–water partition coefficient (Wildman–Crippen LogP) is 3.12. The van der Waals surface area contributed by atoms with E-state index in [2.05, 4.69) is 25.9 Å². The SMILES string of the molecule is Fc1nc(F)c(F)c(N2CCN(c3ccc(Br)cn3)CC2)c1F. The lowest BCUT2D eigenvalue weighted by atomic mass is 10.2. The summed E-state index contributed by atoms with van der Waals surface area (Å²) in [6, 6.07) is 3.65. The molecule has 9 heteroatoms. The fourth-order valence-electron chi connectivity index (χ4n) is 2.47. The van der Waals surface area contributed by atoms with Crippen LogP contribution in [-0.4, -0.2) is 36.1 Å². The summed E-state index contributed by atoms with van der Waals surface area (Å²) in [6.45, 7) is 1.24. The van der Waals surface area contributed by atoms with Gasteiger partial charge in [0.05, 0.1) is 0 Å². The van der Waals surface area contributed by atoms with E-state index >= 15 is 0 Å². The second kappa shape index (κ2) is 6.31. The van der Waals surface area contributed by atoms with Gasteiger partial charge in [-0.1, -0.05) is 0 Å². The molecule has 0 spiro atoms. The van der Waals surface area contributed by atoms with Crippen LogP contribution in [-0.2, 0) is 0 Å². The topological polar surface area (TPSA) is 32.3 Å². The highest BCUT2D eigenvalue weighted by atomic mass is 79.9. The van der Waals surface area contributed by atoms with Gasteiger partial charge in [-0.05, 0) is 28.1 Å². The lowest BCUT2D eigenvalue weighted by Crippen LogP contribution is -2.47. The Labute approximate surface area is 137 Å². The van der Waals surface area contributed by atoms with Gasteiger partial charge in [0, 0.05) is 36.8 Å². The van der Waals surface area contributed by atoms with Crippen molar-refractivity contribution in [3.63, 3.8) is 0 Å². The molecule has 0 bridgehead atoms. The second-order valence-electron chi connectivity index (χ2n) is 4.98. The Balaban J connectivity index is 1.78. The lowest BCUT2D eigenvalue weighted by Gasteiger charge is -2.36. The third-order valence-corrected chi connectivity index (χ3v) is 4.08. The van der Waals surface area contributed by atoms with Crippen LogP contribution in [0.4, 0.5) is 29.1 Å². The molecule has 1 aliphatic heterocycles. The summed E-state index contributed by atoms with van der Waals surface area (Å²) in [6.07, 6.45) is 1.65. The van der Waals surface area contributed by atoms with E-state index in [1.807, 2.05) is 17.0 Å². The molecule has 0 atom stereocenters.